The number of benzene rings is 2. The minimum atomic E-state index is -1.05. The van der Waals surface area contributed by atoms with Crippen molar-refractivity contribution in [2.24, 2.45) is 0 Å². The first-order valence-corrected chi connectivity index (χ1v) is 6.93. The molecule has 0 aromatic heterocycles. The van der Waals surface area contributed by atoms with E-state index in [4.69, 9.17) is 0 Å². The van der Waals surface area contributed by atoms with Gasteiger partial charge in [-0.1, -0.05) is 24.3 Å². The van der Waals surface area contributed by atoms with Crippen LogP contribution in [0.1, 0.15) is 43.0 Å². The molecular formula is C18H18O4. The Labute approximate surface area is 129 Å². The Kier molecular flexibility index (Phi) is 4.04. The second kappa shape index (κ2) is 5.64. The summed E-state index contributed by atoms with van der Waals surface area (Å²) in [6.07, 6.45) is 0. The summed E-state index contributed by atoms with van der Waals surface area (Å²) < 4.78 is 0. The molecule has 2 aromatic carbocycles. The lowest BCUT2D eigenvalue weighted by atomic mass is 9.85. The van der Waals surface area contributed by atoms with E-state index in [2.05, 4.69) is 0 Å². The lowest BCUT2D eigenvalue weighted by molar-refractivity contribution is 0.0683. The summed E-state index contributed by atoms with van der Waals surface area (Å²) in [6.45, 7) is 7.04. The number of rotatable bonds is 3. The molecule has 22 heavy (non-hydrogen) atoms. The van der Waals surface area contributed by atoms with E-state index in [0.717, 1.165) is 11.1 Å². The molecule has 0 unspecified atom stereocenters. The largest absolute Gasteiger partial charge is 0.478 e. The zero-order valence-corrected chi connectivity index (χ0v) is 13.0. The highest BCUT2D eigenvalue weighted by molar-refractivity contribution is 6.05. The first-order valence-electron chi connectivity index (χ1n) is 6.93. The number of aryl methyl sites for hydroxylation is 4. The zero-order chi connectivity index (χ0) is 16.6. The highest BCUT2D eigenvalue weighted by Gasteiger charge is 2.24. The lowest BCUT2D eigenvalue weighted by Gasteiger charge is -2.18. The summed E-state index contributed by atoms with van der Waals surface area (Å²) in [5.41, 5.74) is 4.04. The van der Waals surface area contributed by atoms with Gasteiger partial charge in [0.25, 0.3) is 0 Å². The van der Waals surface area contributed by atoms with Crippen LogP contribution in [0.5, 0.6) is 0 Å². The van der Waals surface area contributed by atoms with E-state index in [1.54, 1.807) is 39.8 Å². The number of hydrogen-bond donors (Lipinski definition) is 2. The SMILES string of the molecule is Cc1ccc(C)c(-c2c(C)ccc(C)c2C(=O)O)c1C(=O)O. The minimum absolute atomic E-state index is 0.163. The molecule has 2 N–H and O–H groups in total. The van der Waals surface area contributed by atoms with E-state index >= 15 is 0 Å². The molecule has 0 radical (unpaired) electrons. The number of aromatic carboxylic acids is 2. The number of carboxylic acid groups (broad SMARTS) is 2. The van der Waals surface area contributed by atoms with Crippen LogP contribution in [0.3, 0.4) is 0 Å². The third kappa shape index (κ3) is 2.48. The Bertz CT molecular complexity index is 721. The van der Waals surface area contributed by atoms with E-state index in [1.165, 1.54) is 0 Å². The minimum Gasteiger partial charge on any atom is -0.478 e. The van der Waals surface area contributed by atoms with Crippen LogP contribution in [0, 0.1) is 27.7 Å². The van der Waals surface area contributed by atoms with Gasteiger partial charge in [0.1, 0.15) is 0 Å². The maximum absolute atomic E-state index is 11.7. The van der Waals surface area contributed by atoms with Crippen LogP contribution in [-0.2, 0) is 0 Å². The van der Waals surface area contributed by atoms with Crippen molar-refractivity contribution in [3.05, 3.63) is 57.6 Å². The first-order chi connectivity index (χ1) is 10.3. The smallest absolute Gasteiger partial charge is 0.336 e. The fourth-order valence-corrected chi connectivity index (χ4v) is 2.82. The maximum Gasteiger partial charge on any atom is 0.336 e. The van der Waals surface area contributed by atoms with Gasteiger partial charge < -0.3 is 10.2 Å². The number of carboxylic acids is 2. The molecule has 0 heterocycles. The molecule has 0 amide bonds. The second-order valence-corrected chi connectivity index (χ2v) is 5.51. The summed E-state index contributed by atoms with van der Waals surface area (Å²) in [5, 5.41) is 19.1. The monoisotopic (exact) mass is 298 g/mol. The molecule has 0 aliphatic rings. The van der Waals surface area contributed by atoms with Crippen molar-refractivity contribution in [3.8, 4) is 11.1 Å². The highest BCUT2D eigenvalue weighted by atomic mass is 16.4. The van der Waals surface area contributed by atoms with Crippen molar-refractivity contribution >= 4 is 11.9 Å². The average Bonchev–Trinajstić information content (AvgIpc) is 2.42. The summed E-state index contributed by atoms with van der Waals surface area (Å²) in [5.74, 6) is -2.10. The van der Waals surface area contributed by atoms with Gasteiger partial charge in [0, 0.05) is 11.1 Å². The van der Waals surface area contributed by atoms with Gasteiger partial charge in [0.2, 0.25) is 0 Å². The molecule has 2 aromatic rings. The van der Waals surface area contributed by atoms with Crippen molar-refractivity contribution in [2.45, 2.75) is 27.7 Å². The Morgan fingerprint density at radius 2 is 0.909 bits per heavy atom. The molecule has 0 saturated heterocycles. The first kappa shape index (κ1) is 15.8. The lowest BCUT2D eigenvalue weighted by Crippen LogP contribution is -2.10. The average molecular weight is 298 g/mol. The molecule has 0 saturated carbocycles. The normalized spacial score (nSPS) is 10.5. The van der Waals surface area contributed by atoms with E-state index in [-0.39, 0.29) is 11.1 Å². The van der Waals surface area contributed by atoms with Crippen LogP contribution in [-0.4, -0.2) is 22.2 Å². The highest BCUT2D eigenvalue weighted by Crippen LogP contribution is 2.36. The molecule has 0 spiro atoms. The van der Waals surface area contributed by atoms with E-state index in [1.807, 2.05) is 12.1 Å². The standard InChI is InChI=1S/C18H18O4/c1-9-5-7-11(3)15(17(19)20)13(9)14-10(2)6-8-12(4)16(14)18(21)22/h5-8H,1-4H3,(H,19,20)(H,21,22). The van der Waals surface area contributed by atoms with Gasteiger partial charge in [-0.25, -0.2) is 9.59 Å². The van der Waals surface area contributed by atoms with Gasteiger partial charge in [0.15, 0.2) is 0 Å². The Morgan fingerprint density at radius 1 is 0.636 bits per heavy atom. The van der Waals surface area contributed by atoms with E-state index < -0.39 is 11.9 Å². The zero-order valence-electron chi connectivity index (χ0n) is 13.0. The summed E-state index contributed by atoms with van der Waals surface area (Å²) in [7, 11) is 0. The molecule has 0 aliphatic carbocycles. The third-order valence-electron chi connectivity index (χ3n) is 3.92. The molecule has 0 fully saturated rings. The molecule has 0 atom stereocenters. The van der Waals surface area contributed by atoms with Gasteiger partial charge in [-0.15, -0.1) is 0 Å². The Hall–Kier alpha value is -2.62. The van der Waals surface area contributed by atoms with Gasteiger partial charge in [-0.05, 0) is 49.9 Å². The van der Waals surface area contributed by atoms with Crippen molar-refractivity contribution in [3.63, 3.8) is 0 Å². The number of hydrogen-bond acceptors (Lipinski definition) is 2. The molecule has 4 heteroatoms. The van der Waals surface area contributed by atoms with Crippen LogP contribution in [0.4, 0.5) is 0 Å². The quantitative estimate of drug-likeness (QED) is 0.898. The van der Waals surface area contributed by atoms with Crippen LogP contribution in [0.2, 0.25) is 0 Å². The van der Waals surface area contributed by atoms with E-state index in [9.17, 15) is 19.8 Å². The predicted molar refractivity (Wildman–Crippen MR) is 84.7 cm³/mol. The third-order valence-corrected chi connectivity index (χ3v) is 3.92. The van der Waals surface area contributed by atoms with Gasteiger partial charge in [-0.2, -0.15) is 0 Å². The van der Waals surface area contributed by atoms with E-state index in [0.29, 0.717) is 22.3 Å². The fraction of sp³-hybridized carbons (Fsp3) is 0.222. The van der Waals surface area contributed by atoms with Crippen LogP contribution >= 0.6 is 0 Å². The molecule has 0 bridgehead atoms. The Morgan fingerprint density at radius 3 is 1.18 bits per heavy atom. The number of carbonyl (C=O) groups is 2. The Balaban J connectivity index is 3.01. The molecule has 0 aliphatic heterocycles. The van der Waals surface area contributed by atoms with Gasteiger partial charge >= 0.3 is 11.9 Å². The van der Waals surface area contributed by atoms with Crippen LogP contribution < -0.4 is 0 Å². The molecule has 4 nitrogen and oxygen atoms in total. The van der Waals surface area contributed by atoms with Crippen molar-refractivity contribution in [1.29, 1.82) is 0 Å². The van der Waals surface area contributed by atoms with Crippen molar-refractivity contribution < 1.29 is 19.8 Å². The predicted octanol–water partition coefficient (Wildman–Crippen LogP) is 3.98. The fourth-order valence-electron chi connectivity index (χ4n) is 2.82. The van der Waals surface area contributed by atoms with Crippen molar-refractivity contribution in [1.82, 2.24) is 0 Å². The summed E-state index contributed by atoms with van der Waals surface area (Å²) in [6, 6.07) is 7.14. The van der Waals surface area contributed by atoms with Crippen molar-refractivity contribution in [2.75, 3.05) is 0 Å². The van der Waals surface area contributed by atoms with Gasteiger partial charge in [0.05, 0.1) is 11.1 Å². The maximum atomic E-state index is 11.7. The topological polar surface area (TPSA) is 74.6 Å². The molecule has 2 rings (SSSR count). The van der Waals surface area contributed by atoms with Crippen LogP contribution in [0.15, 0.2) is 24.3 Å². The molecular weight excluding hydrogens is 280 g/mol. The van der Waals surface area contributed by atoms with Crippen LogP contribution in [0.25, 0.3) is 11.1 Å². The molecule has 114 valence electrons. The summed E-state index contributed by atoms with van der Waals surface area (Å²) >= 11 is 0. The second-order valence-electron chi connectivity index (χ2n) is 5.51. The van der Waals surface area contributed by atoms with Gasteiger partial charge in [-0.3, -0.25) is 0 Å². The summed E-state index contributed by atoms with van der Waals surface area (Å²) in [4.78, 5) is 23.4.